The van der Waals surface area contributed by atoms with E-state index in [4.69, 9.17) is 16.3 Å². The van der Waals surface area contributed by atoms with Crippen molar-refractivity contribution in [2.45, 2.75) is 51.7 Å². The summed E-state index contributed by atoms with van der Waals surface area (Å²) in [6.07, 6.45) is 2.34. The van der Waals surface area contributed by atoms with Crippen LogP contribution < -0.4 is 0 Å². The lowest BCUT2D eigenvalue weighted by molar-refractivity contribution is -0.152. The topological polar surface area (TPSA) is 29.5 Å². The lowest BCUT2D eigenvalue weighted by Crippen LogP contribution is -2.57. The molecule has 1 aliphatic rings. The molecule has 4 heteroatoms. The Balaban J connectivity index is 1.88. The number of rotatable bonds is 4. The molecule has 0 radical (unpaired) electrons. The largest absolute Gasteiger partial charge is 0.374 e. The van der Waals surface area contributed by atoms with Crippen molar-refractivity contribution in [1.82, 2.24) is 4.90 Å². The van der Waals surface area contributed by atoms with Crippen LogP contribution in [0.1, 0.15) is 39.2 Å². The molecular weight excluding hydrogens is 286 g/mol. The molecule has 3 nitrogen and oxygen atoms in total. The van der Waals surface area contributed by atoms with Gasteiger partial charge in [-0.05, 0) is 45.2 Å². The minimum atomic E-state index is -0.214. The van der Waals surface area contributed by atoms with E-state index in [1.165, 1.54) is 0 Å². The highest BCUT2D eigenvalue weighted by molar-refractivity contribution is 6.31. The summed E-state index contributed by atoms with van der Waals surface area (Å²) < 4.78 is 5.65. The average Bonchev–Trinajstić information content (AvgIpc) is 2.43. The Morgan fingerprint density at radius 3 is 2.86 bits per heavy atom. The quantitative estimate of drug-likeness (QED) is 0.849. The SMILES string of the molecule is CC1CN(C(=O)CCCc2ccccc2Cl)C(C)(C)CO1. The molecule has 0 bridgehead atoms. The number of amides is 1. The van der Waals surface area contributed by atoms with Gasteiger partial charge in [0, 0.05) is 18.0 Å². The van der Waals surface area contributed by atoms with Crippen LogP contribution in [0.25, 0.3) is 0 Å². The zero-order valence-electron chi connectivity index (χ0n) is 13.1. The van der Waals surface area contributed by atoms with Gasteiger partial charge in [0.2, 0.25) is 5.91 Å². The maximum absolute atomic E-state index is 12.5. The molecule has 1 fully saturated rings. The number of ether oxygens (including phenoxy) is 1. The van der Waals surface area contributed by atoms with E-state index in [1.807, 2.05) is 36.1 Å². The fourth-order valence-corrected chi connectivity index (χ4v) is 2.92. The molecule has 1 aliphatic heterocycles. The predicted molar refractivity (Wildman–Crippen MR) is 85.6 cm³/mol. The lowest BCUT2D eigenvalue weighted by Gasteiger charge is -2.44. The first kappa shape index (κ1) is 16.3. The number of aryl methyl sites for hydroxylation is 1. The Morgan fingerprint density at radius 2 is 2.14 bits per heavy atom. The first-order valence-electron chi connectivity index (χ1n) is 7.55. The summed E-state index contributed by atoms with van der Waals surface area (Å²) in [5, 5.41) is 0.783. The fourth-order valence-electron chi connectivity index (χ4n) is 2.69. The summed E-state index contributed by atoms with van der Waals surface area (Å²) in [5.74, 6) is 0.210. The number of morpholine rings is 1. The molecule has 21 heavy (non-hydrogen) atoms. The summed E-state index contributed by atoms with van der Waals surface area (Å²) in [7, 11) is 0. The second-order valence-electron chi connectivity index (χ2n) is 6.38. The van der Waals surface area contributed by atoms with Gasteiger partial charge in [0.15, 0.2) is 0 Å². The zero-order valence-corrected chi connectivity index (χ0v) is 13.8. The third kappa shape index (κ3) is 4.21. The van der Waals surface area contributed by atoms with Gasteiger partial charge in [-0.2, -0.15) is 0 Å². The maximum atomic E-state index is 12.5. The minimum absolute atomic E-state index is 0.116. The van der Waals surface area contributed by atoms with Crippen LogP contribution in [0.4, 0.5) is 0 Å². The summed E-state index contributed by atoms with van der Waals surface area (Å²) in [6, 6.07) is 7.82. The number of carbonyl (C=O) groups is 1. The van der Waals surface area contributed by atoms with E-state index in [0.717, 1.165) is 23.4 Å². The van der Waals surface area contributed by atoms with Crippen LogP contribution in [-0.2, 0) is 16.0 Å². The second kappa shape index (κ2) is 6.80. The van der Waals surface area contributed by atoms with Gasteiger partial charge >= 0.3 is 0 Å². The van der Waals surface area contributed by atoms with Crippen molar-refractivity contribution >= 4 is 17.5 Å². The van der Waals surface area contributed by atoms with Crippen molar-refractivity contribution in [2.75, 3.05) is 13.2 Å². The summed E-state index contributed by atoms with van der Waals surface area (Å²) >= 11 is 6.14. The van der Waals surface area contributed by atoms with Crippen LogP contribution in [0, 0.1) is 0 Å². The second-order valence-corrected chi connectivity index (χ2v) is 6.79. The molecule has 1 atom stereocenters. The van der Waals surface area contributed by atoms with Crippen molar-refractivity contribution in [2.24, 2.45) is 0 Å². The summed E-state index contributed by atoms with van der Waals surface area (Å²) in [4.78, 5) is 14.4. The van der Waals surface area contributed by atoms with Gasteiger partial charge < -0.3 is 9.64 Å². The molecule has 0 aliphatic carbocycles. The average molecular weight is 310 g/mol. The standard InChI is InChI=1S/C17H24ClNO2/c1-13-11-19(17(2,3)12-21-13)16(20)10-6-8-14-7-4-5-9-15(14)18/h4-5,7,9,13H,6,8,10-12H2,1-3H3. The Kier molecular flexibility index (Phi) is 5.28. The van der Waals surface area contributed by atoms with Gasteiger partial charge in [-0.1, -0.05) is 29.8 Å². The molecule has 1 aromatic rings. The third-order valence-corrected chi connectivity index (χ3v) is 4.36. The molecule has 0 aromatic heterocycles. The number of carbonyl (C=O) groups excluding carboxylic acids is 1. The molecule has 0 spiro atoms. The van der Waals surface area contributed by atoms with E-state index in [0.29, 0.717) is 19.6 Å². The van der Waals surface area contributed by atoms with Crippen molar-refractivity contribution in [3.8, 4) is 0 Å². The molecule has 0 saturated carbocycles. The van der Waals surface area contributed by atoms with E-state index < -0.39 is 0 Å². The zero-order chi connectivity index (χ0) is 15.5. The smallest absolute Gasteiger partial charge is 0.223 e. The van der Waals surface area contributed by atoms with E-state index in [1.54, 1.807) is 0 Å². The molecular formula is C17H24ClNO2. The highest BCUT2D eigenvalue weighted by atomic mass is 35.5. The first-order chi connectivity index (χ1) is 9.90. The van der Waals surface area contributed by atoms with Crippen molar-refractivity contribution in [3.05, 3.63) is 34.9 Å². The number of hydrogen-bond acceptors (Lipinski definition) is 2. The van der Waals surface area contributed by atoms with Gasteiger partial charge in [0.25, 0.3) is 0 Å². The van der Waals surface area contributed by atoms with Crippen LogP contribution in [0.5, 0.6) is 0 Å². The Bertz CT molecular complexity index is 501. The van der Waals surface area contributed by atoms with Crippen molar-refractivity contribution < 1.29 is 9.53 Å². The first-order valence-corrected chi connectivity index (χ1v) is 7.93. The Hall–Kier alpha value is -1.06. The van der Waals surface area contributed by atoms with Crippen LogP contribution >= 0.6 is 11.6 Å². The predicted octanol–water partition coefficient (Wildman–Crippen LogP) is 3.69. The minimum Gasteiger partial charge on any atom is -0.374 e. The Morgan fingerprint density at radius 1 is 1.43 bits per heavy atom. The summed E-state index contributed by atoms with van der Waals surface area (Å²) in [6.45, 7) is 7.41. The van der Waals surface area contributed by atoms with Gasteiger partial charge in [0.1, 0.15) is 0 Å². The molecule has 0 N–H and O–H groups in total. The Labute approximate surface area is 132 Å². The van der Waals surface area contributed by atoms with Gasteiger partial charge in [0.05, 0.1) is 18.2 Å². The number of nitrogens with zero attached hydrogens (tertiary/aromatic N) is 1. The highest BCUT2D eigenvalue weighted by Gasteiger charge is 2.36. The summed E-state index contributed by atoms with van der Waals surface area (Å²) in [5.41, 5.74) is 0.898. The van der Waals surface area contributed by atoms with Gasteiger partial charge in [-0.3, -0.25) is 4.79 Å². The molecule has 1 unspecified atom stereocenters. The lowest BCUT2D eigenvalue weighted by atomic mass is 9.99. The molecule has 2 rings (SSSR count). The van der Waals surface area contributed by atoms with Gasteiger partial charge in [-0.15, -0.1) is 0 Å². The molecule has 1 amide bonds. The molecule has 1 saturated heterocycles. The molecule has 116 valence electrons. The monoisotopic (exact) mass is 309 g/mol. The maximum Gasteiger partial charge on any atom is 0.223 e. The van der Waals surface area contributed by atoms with Gasteiger partial charge in [-0.25, -0.2) is 0 Å². The van der Waals surface area contributed by atoms with E-state index in [2.05, 4.69) is 13.8 Å². The number of hydrogen-bond donors (Lipinski definition) is 0. The van der Waals surface area contributed by atoms with E-state index in [-0.39, 0.29) is 17.6 Å². The van der Waals surface area contributed by atoms with E-state index >= 15 is 0 Å². The van der Waals surface area contributed by atoms with Crippen LogP contribution in [-0.4, -0.2) is 35.6 Å². The van der Waals surface area contributed by atoms with Crippen molar-refractivity contribution in [3.63, 3.8) is 0 Å². The fraction of sp³-hybridized carbons (Fsp3) is 0.588. The third-order valence-electron chi connectivity index (χ3n) is 3.99. The highest BCUT2D eigenvalue weighted by Crippen LogP contribution is 2.24. The normalized spacial score (nSPS) is 21.3. The van der Waals surface area contributed by atoms with Crippen LogP contribution in [0.15, 0.2) is 24.3 Å². The van der Waals surface area contributed by atoms with Crippen LogP contribution in [0.3, 0.4) is 0 Å². The molecule has 1 aromatic carbocycles. The number of benzene rings is 1. The molecule has 1 heterocycles. The van der Waals surface area contributed by atoms with E-state index in [9.17, 15) is 4.79 Å². The van der Waals surface area contributed by atoms with Crippen molar-refractivity contribution in [1.29, 1.82) is 0 Å². The van der Waals surface area contributed by atoms with Crippen LogP contribution in [0.2, 0.25) is 5.02 Å². The number of halogens is 1.